The summed E-state index contributed by atoms with van der Waals surface area (Å²) >= 11 is 0. The first-order chi connectivity index (χ1) is 9.08. The van der Waals surface area contributed by atoms with Gasteiger partial charge in [-0.05, 0) is 45.0 Å². The number of likely N-dealkylation sites (N-methyl/N-ethyl adjacent to an activating group) is 1. The van der Waals surface area contributed by atoms with Crippen LogP contribution < -0.4 is 10.1 Å². The van der Waals surface area contributed by atoms with E-state index in [1.165, 1.54) is 0 Å². The van der Waals surface area contributed by atoms with E-state index in [1.54, 1.807) is 14.0 Å². The maximum absolute atomic E-state index is 11.6. The first kappa shape index (κ1) is 15.5. The lowest BCUT2D eigenvalue weighted by molar-refractivity contribution is -0.145. The van der Waals surface area contributed by atoms with E-state index in [4.69, 9.17) is 9.47 Å². The van der Waals surface area contributed by atoms with Gasteiger partial charge < -0.3 is 14.8 Å². The van der Waals surface area contributed by atoms with Gasteiger partial charge in [-0.15, -0.1) is 0 Å². The lowest BCUT2D eigenvalue weighted by atomic mass is 10.1. The summed E-state index contributed by atoms with van der Waals surface area (Å²) in [6.45, 7) is 6.72. The fraction of sp³-hybridized carbons (Fsp3) is 0.533. The summed E-state index contributed by atoms with van der Waals surface area (Å²) in [5.74, 6) is 0.647. The molecule has 0 aromatic heterocycles. The fourth-order valence-corrected chi connectivity index (χ4v) is 1.77. The van der Waals surface area contributed by atoms with Gasteiger partial charge in [0.25, 0.3) is 0 Å². The van der Waals surface area contributed by atoms with Crippen LogP contribution in [-0.4, -0.2) is 32.3 Å². The molecule has 0 radical (unpaired) electrons. The Kier molecular flexibility index (Phi) is 6.36. The second-order valence-corrected chi connectivity index (χ2v) is 4.50. The van der Waals surface area contributed by atoms with Crippen LogP contribution in [0, 0.1) is 13.8 Å². The molecule has 0 aliphatic carbocycles. The normalized spacial score (nSPS) is 12.0. The molecule has 0 bridgehead atoms. The molecule has 0 heterocycles. The van der Waals surface area contributed by atoms with Gasteiger partial charge >= 0.3 is 5.97 Å². The summed E-state index contributed by atoms with van der Waals surface area (Å²) in [5.41, 5.74) is 2.26. The summed E-state index contributed by atoms with van der Waals surface area (Å²) in [4.78, 5) is 11.6. The van der Waals surface area contributed by atoms with E-state index in [0.717, 1.165) is 16.9 Å². The molecule has 4 nitrogen and oxygen atoms in total. The van der Waals surface area contributed by atoms with Crippen LogP contribution >= 0.6 is 0 Å². The number of rotatable bonds is 7. The van der Waals surface area contributed by atoms with Crippen molar-refractivity contribution in [3.8, 4) is 5.75 Å². The minimum absolute atomic E-state index is 0.227. The van der Waals surface area contributed by atoms with E-state index in [2.05, 4.69) is 11.4 Å². The zero-order chi connectivity index (χ0) is 14.3. The van der Waals surface area contributed by atoms with Crippen LogP contribution in [0.15, 0.2) is 18.2 Å². The quantitative estimate of drug-likeness (QED) is 0.768. The summed E-state index contributed by atoms with van der Waals surface area (Å²) in [6.07, 6.45) is 0.586. The highest BCUT2D eigenvalue weighted by Crippen LogP contribution is 2.19. The molecule has 19 heavy (non-hydrogen) atoms. The molecule has 0 spiro atoms. The monoisotopic (exact) mass is 265 g/mol. The van der Waals surface area contributed by atoms with Crippen molar-refractivity contribution in [3.05, 3.63) is 29.3 Å². The number of nitrogens with one attached hydrogen (secondary N) is 1. The number of carbonyl (C=O) groups excluding carboxylic acids is 1. The standard InChI is InChI=1S/C15H23NO3/c1-5-18-15(17)13(16-4)8-9-19-14-10-11(2)6-7-12(14)3/h6-7,10,13,16H,5,8-9H2,1-4H3. The summed E-state index contributed by atoms with van der Waals surface area (Å²) in [6, 6.07) is 5.78. The van der Waals surface area contributed by atoms with Crippen molar-refractivity contribution in [2.75, 3.05) is 20.3 Å². The molecular formula is C15H23NO3. The van der Waals surface area contributed by atoms with E-state index < -0.39 is 0 Å². The maximum atomic E-state index is 11.6. The highest BCUT2D eigenvalue weighted by Gasteiger charge is 2.17. The van der Waals surface area contributed by atoms with Crippen LogP contribution in [0.25, 0.3) is 0 Å². The molecule has 1 aromatic carbocycles. The number of ether oxygens (including phenoxy) is 2. The smallest absolute Gasteiger partial charge is 0.323 e. The lowest BCUT2D eigenvalue weighted by Gasteiger charge is -2.16. The Balaban J connectivity index is 2.48. The molecule has 0 saturated heterocycles. The van der Waals surface area contributed by atoms with E-state index in [9.17, 15) is 4.79 Å². The molecule has 106 valence electrons. The van der Waals surface area contributed by atoms with Gasteiger partial charge in [-0.1, -0.05) is 12.1 Å². The van der Waals surface area contributed by atoms with Gasteiger partial charge in [0.1, 0.15) is 11.8 Å². The Labute approximate surface area is 115 Å². The van der Waals surface area contributed by atoms with Crippen LogP contribution in [0.4, 0.5) is 0 Å². The number of hydrogen-bond donors (Lipinski definition) is 1. The van der Waals surface area contributed by atoms with Gasteiger partial charge in [-0.2, -0.15) is 0 Å². The van der Waals surface area contributed by atoms with Gasteiger partial charge in [0.05, 0.1) is 13.2 Å². The van der Waals surface area contributed by atoms with Crippen molar-refractivity contribution >= 4 is 5.97 Å². The van der Waals surface area contributed by atoms with Crippen molar-refractivity contribution in [2.45, 2.75) is 33.2 Å². The third-order valence-corrected chi connectivity index (χ3v) is 2.93. The number of aryl methyl sites for hydroxylation is 2. The van der Waals surface area contributed by atoms with Gasteiger partial charge in [0.15, 0.2) is 0 Å². The van der Waals surface area contributed by atoms with Crippen LogP contribution in [-0.2, 0) is 9.53 Å². The maximum Gasteiger partial charge on any atom is 0.323 e. The minimum atomic E-state index is -0.315. The second-order valence-electron chi connectivity index (χ2n) is 4.50. The predicted octanol–water partition coefficient (Wildman–Crippen LogP) is 2.22. The van der Waals surface area contributed by atoms with Crippen LogP contribution in [0.2, 0.25) is 0 Å². The van der Waals surface area contributed by atoms with E-state index in [1.807, 2.05) is 26.0 Å². The van der Waals surface area contributed by atoms with Crippen molar-refractivity contribution in [1.82, 2.24) is 5.32 Å². The Hall–Kier alpha value is -1.55. The SMILES string of the molecule is CCOC(=O)C(CCOc1cc(C)ccc1C)NC. The molecule has 0 saturated carbocycles. The van der Waals surface area contributed by atoms with Gasteiger partial charge in [-0.25, -0.2) is 0 Å². The van der Waals surface area contributed by atoms with E-state index in [-0.39, 0.29) is 12.0 Å². The highest BCUT2D eigenvalue weighted by molar-refractivity contribution is 5.75. The van der Waals surface area contributed by atoms with Gasteiger partial charge in [-0.3, -0.25) is 4.79 Å². The van der Waals surface area contributed by atoms with Crippen molar-refractivity contribution in [1.29, 1.82) is 0 Å². The minimum Gasteiger partial charge on any atom is -0.493 e. The molecule has 1 N–H and O–H groups in total. The molecule has 4 heteroatoms. The lowest BCUT2D eigenvalue weighted by Crippen LogP contribution is -2.36. The first-order valence-corrected chi connectivity index (χ1v) is 6.62. The first-order valence-electron chi connectivity index (χ1n) is 6.62. The summed E-state index contributed by atoms with van der Waals surface area (Å²) < 4.78 is 10.7. The molecule has 1 atom stereocenters. The highest BCUT2D eigenvalue weighted by atomic mass is 16.5. The van der Waals surface area contributed by atoms with Crippen molar-refractivity contribution < 1.29 is 14.3 Å². The second kappa shape index (κ2) is 7.79. The zero-order valence-electron chi connectivity index (χ0n) is 12.2. The Morgan fingerprint density at radius 2 is 2.11 bits per heavy atom. The average Bonchev–Trinajstić information content (AvgIpc) is 2.38. The molecular weight excluding hydrogens is 242 g/mol. The zero-order valence-corrected chi connectivity index (χ0v) is 12.2. The molecule has 0 aliphatic heterocycles. The summed E-state index contributed by atoms with van der Waals surface area (Å²) in [7, 11) is 1.75. The Morgan fingerprint density at radius 3 is 2.74 bits per heavy atom. The van der Waals surface area contributed by atoms with E-state index >= 15 is 0 Å². The number of benzene rings is 1. The Bertz CT molecular complexity index is 418. The summed E-state index contributed by atoms with van der Waals surface area (Å²) in [5, 5.41) is 2.94. The number of hydrogen-bond acceptors (Lipinski definition) is 4. The predicted molar refractivity (Wildman–Crippen MR) is 75.5 cm³/mol. The van der Waals surface area contributed by atoms with Crippen LogP contribution in [0.3, 0.4) is 0 Å². The van der Waals surface area contributed by atoms with E-state index in [0.29, 0.717) is 19.6 Å². The van der Waals surface area contributed by atoms with Crippen molar-refractivity contribution in [2.24, 2.45) is 0 Å². The third-order valence-electron chi connectivity index (χ3n) is 2.93. The Morgan fingerprint density at radius 1 is 1.37 bits per heavy atom. The average molecular weight is 265 g/mol. The van der Waals surface area contributed by atoms with Crippen LogP contribution in [0.5, 0.6) is 5.75 Å². The molecule has 0 aliphatic rings. The van der Waals surface area contributed by atoms with Gasteiger partial charge in [0, 0.05) is 6.42 Å². The number of esters is 1. The molecule has 1 aromatic rings. The number of carbonyl (C=O) groups is 1. The van der Waals surface area contributed by atoms with Crippen LogP contribution in [0.1, 0.15) is 24.5 Å². The fourth-order valence-electron chi connectivity index (χ4n) is 1.77. The third kappa shape index (κ3) is 4.91. The molecule has 1 rings (SSSR count). The molecule has 0 amide bonds. The largest absolute Gasteiger partial charge is 0.493 e. The molecule has 1 unspecified atom stereocenters. The van der Waals surface area contributed by atoms with Gasteiger partial charge in [0.2, 0.25) is 0 Å². The topological polar surface area (TPSA) is 47.6 Å². The van der Waals surface area contributed by atoms with Crippen molar-refractivity contribution in [3.63, 3.8) is 0 Å². The molecule has 0 fully saturated rings.